The van der Waals surface area contributed by atoms with Crippen molar-refractivity contribution < 1.29 is 35.6 Å². The Balaban J connectivity index is -0.000000164. The van der Waals surface area contributed by atoms with Gasteiger partial charge in [0, 0.05) is 24.8 Å². The molecule has 0 bridgehead atoms. The van der Waals surface area contributed by atoms with E-state index in [9.17, 15) is 0 Å². The molecule has 0 radical (unpaired) electrons. The van der Waals surface area contributed by atoms with Crippen LogP contribution in [0, 0.1) is 31.1 Å². The molecule has 0 atom stereocenters. The Morgan fingerprint density at radius 3 is 0.673 bits per heavy atom. The molecule has 0 unspecified atom stereocenters. The molecule has 16 heteroatoms. The molecule has 0 saturated carbocycles. The number of thiocarbonyl (C=S) groups is 5. The molecule has 49 heavy (non-hydrogen) atoms. The van der Waals surface area contributed by atoms with E-state index in [1.165, 1.54) is 56.5 Å². The van der Waals surface area contributed by atoms with E-state index in [4.69, 9.17) is 27.0 Å². The molecule has 0 saturated heterocycles. The van der Waals surface area contributed by atoms with Crippen LogP contribution in [0.2, 0.25) is 0 Å². The third-order valence-corrected chi connectivity index (χ3v) is 5.87. The zero-order chi connectivity index (χ0) is 37.3. The molecule has 0 aliphatic heterocycles. The van der Waals surface area contributed by atoms with Crippen molar-refractivity contribution in [3.05, 3.63) is 125 Å². The summed E-state index contributed by atoms with van der Waals surface area (Å²) >= 11 is 18.5. The molecule has 252 valence electrons. The fraction of sp³-hybridized carbons (Fsp3) is 0.242. The third kappa shape index (κ3) is 34.3. The number of hydrogen-bond acceptors (Lipinski definition) is 9. The number of quaternary nitrogens is 1. The molecule has 4 aromatic heterocycles. The van der Waals surface area contributed by atoms with Gasteiger partial charge in [0.15, 0.2) is 0 Å². The molecular weight excluding hydrogens is 935 g/mol. The van der Waals surface area contributed by atoms with E-state index < -0.39 is 0 Å². The predicted molar refractivity (Wildman–Crippen MR) is 217 cm³/mol. The molecule has 0 N–H and O–H groups in total. The Bertz CT molecular complexity index is 1230. The van der Waals surface area contributed by atoms with E-state index >= 15 is 0 Å². The standard InChI is InChI=1S/2C10H8N2.C8H20N.5CNS.U/c2*1-3-7-11-9(5-1)10-6-2-4-8-12-10;1-5-9(6-2,7-3)8-4;5*2-1-3;/h2*1-8H;5-8H2,1-4H3;;;;;;/q;;+1;5*-1;+4. The summed E-state index contributed by atoms with van der Waals surface area (Å²) in [5, 5.41) is 42.3. The quantitative estimate of drug-likeness (QED) is 0.104. The first kappa shape index (κ1) is 55.0. The van der Waals surface area contributed by atoms with E-state index in [0.29, 0.717) is 0 Å². The van der Waals surface area contributed by atoms with Gasteiger partial charge in [-0.25, -0.2) is 0 Å². The SMILES string of the molecule is CC[N+](CC)(CC)CC.[N-]=C=S.[N-]=C=S.[N-]=C=S.[N-]=C=S.[N-]=C=S.[U+4].c1ccc(-c2ccccn2)nc1.c1ccc(-c2ccccn2)nc1. The average molecular weight is 971 g/mol. The topological polar surface area (TPSA) is 163 Å². The van der Waals surface area contributed by atoms with Gasteiger partial charge in [-0.2, -0.15) is 25.8 Å². The zero-order valence-corrected chi connectivity index (χ0v) is 35.8. The van der Waals surface area contributed by atoms with Crippen molar-refractivity contribution in [2.24, 2.45) is 0 Å². The average Bonchev–Trinajstić information content (AvgIpc) is 3.13. The van der Waals surface area contributed by atoms with Gasteiger partial charge in [-0.15, -0.1) is 0 Å². The van der Waals surface area contributed by atoms with Crippen molar-refractivity contribution in [2.45, 2.75) is 27.7 Å². The van der Waals surface area contributed by atoms with Crippen LogP contribution in [0.25, 0.3) is 49.8 Å². The van der Waals surface area contributed by atoms with Crippen LogP contribution in [0.15, 0.2) is 97.6 Å². The number of isothiocyanates is 5. The number of aromatic nitrogens is 4. The van der Waals surface area contributed by atoms with Gasteiger partial charge in [-0.3, -0.25) is 19.9 Å². The Morgan fingerprint density at radius 1 is 0.429 bits per heavy atom. The summed E-state index contributed by atoms with van der Waals surface area (Å²) in [4.78, 5) is 16.7. The van der Waals surface area contributed by atoms with Crippen molar-refractivity contribution in [3.8, 4) is 22.8 Å². The summed E-state index contributed by atoms with van der Waals surface area (Å²) in [5.41, 5.74) is 3.66. The van der Waals surface area contributed by atoms with Gasteiger partial charge in [0.1, 0.15) is 0 Å². The van der Waals surface area contributed by atoms with Gasteiger partial charge in [-0.1, -0.05) is 85.4 Å². The first-order valence-electron chi connectivity index (χ1n) is 13.8. The van der Waals surface area contributed by atoms with Crippen molar-refractivity contribution >= 4 is 86.9 Å². The fourth-order valence-electron chi connectivity index (χ4n) is 3.40. The molecule has 0 amide bonds. The van der Waals surface area contributed by atoms with Gasteiger partial charge in [0.05, 0.1) is 49.0 Å². The van der Waals surface area contributed by atoms with Crippen LogP contribution in [0.4, 0.5) is 0 Å². The van der Waals surface area contributed by atoms with Crippen LogP contribution in [0.5, 0.6) is 0 Å². The van der Waals surface area contributed by atoms with Crippen LogP contribution in [-0.2, 0) is 0 Å². The maximum atomic E-state index is 7.13. The van der Waals surface area contributed by atoms with Crippen molar-refractivity contribution in [1.82, 2.24) is 19.9 Å². The normalized spacial score (nSPS) is 7.76. The van der Waals surface area contributed by atoms with Gasteiger partial charge in [0.2, 0.25) is 0 Å². The summed E-state index contributed by atoms with van der Waals surface area (Å²) in [7, 11) is 0. The fourth-order valence-corrected chi connectivity index (χ4v) is 3.40. The Labute approximate surface area is 340 Å². The number of nitrogens with zero attached hydrogens (tertiary/aromatic N) is 10. The summed E-state index contributed by atoms with van der Waals surface area (Å²) in [6.45, 7) is 14.2. The summed E-state index contributed by atoms with van der Waals surface area (Å²) in [5.74, 6) is 0. The van der Waals surface area contributed by atoms with Gasteiger partial charge in [0.25, 0.3) is 0 Å². The van der Waals surface area contributed by atoms with E-state index in [2.05, 4.69) is 109 Å². The second-order valence-corrected chi connectivity index (χ2v) is 8.84. The second kappa shape index (κ2) is 44.6. The van der Waals surface area contributed by atoms with Gasteiger partial charge < -0.3 is 31.5 Å². The van der Waals surface area contributed by atoms with Crippen molar-refractivity contribution in [1.29, 1.82) is 0 Å². The number of rotatable bonds is 6. The smallest absolute Gasteiger partial charge is 0.753 e. The maximum Gasteiger partial charge on any atom is 4.00 e. The Morgan fingerprint density at radius 2 is 0.592 bits per heavy atom. The van der Waals surface area contributed by atoms with Crippen LogP contribution < -0.4 is 0 Å². The van der Waals surface area contributed by atoms with Crippen LogP contribution in [0.3, 0.4) is 0 Å². The second-order valence-electron chi connectivity index (χ2n) is 7.92. The van der Waals surface area contributed by atoms with E-state index in [1.807, 2.05) is 72.8 Å². The third-order valence-electron chi connectivity index (χ3n) is 5.87. The number of hydrogen-bond donors (Lipinski definition) is 0. The van der Waals surface area contributed by atoms with Crippen LogP contribution in [-0.4, -0.2) is 76.4 Å². The van der Waals surface area contributed by atoms with Crippen LogP contribution >= 0.6 is 61.1 Å². The molecule has 4 rings (SSSR count). The largest absolute Gasteiger partial charge is 4.00 e. The monoisotopic (exact) mass is 970 g/mol. The first-order chi connectivity index (χ1) is 23.2. The van der Waals surface area contributed by atoms with E-state index in [0.717, 1.165) is 22.8 Å². The summed E-state index contributed by atoms with van der Waals surface area (Å²) < 4.78 is 1.28. The van der Waals surface area contributed by atoms with E-state index in [1.54, 1.807) is 24.8 Å². The summed E-state index contributed by atoms with van der Waals surface area (Å²) in [6, 6.07) is 23.2. The molecule has 0 aliphatic rings. The summed E-state index contributed by atoms with van der Waals surface area (Å²) in [6.07, 6.45) is 7.07. The number of pyridine rings is 4. The first-order valence-corrected chi connectivity index (χ1v) is 15.9. The molecule has 0 aromatic carbocycles. The van der Waals surface area contributed by atoms with Gasteiger partial charge in [-0.05, 0) is 76.2 Å². The van der Waals surface area contributed by atoms with Gasteiger partial charge >= 0.3 is 31.1 Å². The van der Waals surface area contributed by atoms with E-state index in [-0.39, 0.29) is 31.1 Å². The van der Waals surface area contributed by atoms with Crippen LogP contribution in [0.1, 0.15) is 27.7 Å². The van der Waals surface area contributed by atoms with Crippen molar-refractivity contribution in [3.63, 3.8) is 0 Å². The zero-order valence-electron chi connectivity index (χ0n) is 27.6. The van der Waals surface area contributed by atoms with Crippen molar-refractivity contribution in [2.75, 3.05) is 26.2 Å². The predicted octanol–water partition coefficient (Wildman–Crippen LogP) is 9.46. The molecule has 0 spiro atoms. The molecular formula is C33H36N10S5U. The minimum atomic E-state index is 0. The molecule has 0 fully saturated rings. The molecule has 10 nitrogen and oxygen atoms in total. The maximum absolute atomic E-state index is 7.13. The molecule has 4 aromatic rings. The molecule has 4 heterocycles. The Hall–Kier alpha value is -3.39. The molecule has 0 aliphatic carbocycles. The minimum Gasteiger partial charge on any atom is -0.753 e. The Kier molecular flexibility index (Phi) is 50.1. The minimum absolute atomic E-state index is 0.